The lowest BCUT2D eigenvalue weighted by molar-refractivity contribution is -0.114. The summed E-state index contributed by atoms with van der Waals surface area (Å²) < 4.78 is 0. The molecule has 0 atom stereocenters. The third-order valence-corrected chi connectivity index (χ3v) is 6.33. The van der Waals surface area contributed by atoms with Gasteiger partial charge in [-0.15, -0.1) is 0 Å². The van der Waals surface area contributed by atoms with E-state index in [4.69, 9.17) is 0 Å². The Morgan fingerprint density at radius 3 is 2.43 bits per heavy atom. The van der Waals surface area contributed by atoms with Crippen LogP contribution in [0.2, 0.25) is 0 Å². The number of pyridine rings is 2. The molecule has 2 N–H and O–H groups in total. The van der Waals surface area contributed by atoms with Crippen molar-refractivity contribution >= 4 is 23.5 Å². The Balaban J connectivity index is 1.41. The van der Waals surface area contributed by atoms with Crippen molar-refractivity contribution in [3.05, 3.63) is 82.2 Å². The first kappa shape index (κ1) is 26.0. The quantitative estimate of drug-likeness (QED) is 0.526. The van der Waals surface area contributed by atoms with E-state index in [0.29, 0.717) is 28.5 Å². The predicted molar refractivity (Wildman–Crippen MR) is 145 cm³/mol. The molecule has 3 heterocycles. The SMILES string of the molecule is CC(=O)Nc1ccc(C#Cc2ccnc(NC(=O)c3ccc(CN4CCN(C)CC4)c(C)c3)c2)c(C)n1. The lowest BCUT2D eigenvalue weighted by Gasteiger charge is -2.32. The molecule has 0 radical (unpaired) electrons. The van der Waals surface area contributed by atoms with Crippen molar-refractivity contribution in [2.24, 2.45) is 0 Å². The largest absolute Gasteiger partial charge is 0.311 e. The molecule has 0 aliphatic carbocycles. The number of aryl methyl sites for hydroxylation is 2. The molecule has 4 rings (SSSR count). The molecule has 2 aromatic heterocycles. The third-order valence-electron chi connectivity index (χ3n) is 6.33. The fourth-order valence-corrected chi connectivity index (χ4v) is 4.11. The molecule has 0 spiro atoms. The number of amides is 2. The van der Waals surface area contributed by atoms with Crippen molar-refractivity contribution in [3.63, 3.8) is 0 Å². The molecule has 190 valence electrons. The maximum absolute atomic E-state index is 12.9. The molecule has 37 heavy (non-hydrogen) atoms. The summed E-state index contributed by atoms with van der Waals surface area (Å²) in [5.74, 6) is 6.75. The van der Waals surface area contributed by atoms with Crippen LogP contribution in [0.5, 0.6) is 0 Å². The Bertz CT molecular complexity index is 1370. The highest BCUT2D eigenvalue weighted by Crippen LogP contribution is 2.17. The van der Waals surface area contributed by atoms with Gasteiger partial charge in [-0.25, -0.2) is 9.97 Å². The van der Waals surface area contributed by atoms with Crippen LogP contribution in [0.3, 0.4) is 0 Å². The number of nitrogens with one attached hydrogen (secondary N) is 2. The van der Waals surface area contributed by atoms with Crippen LogP contribution in [-0.2, 0) is 11.3 Å². The monoisotopic (exact) mass is 496 g/mol. The molecule has 1 aromatic carbocycles. The first-order valence-corrected chi connectivity index (χ1v) is 12.3. The third kappa shape index (κ3) is 7.23. The first-order valence-electron chi connectivity index (χ1n) is 12.3. The molecule has 1 fully saturated rings. The van der Waals surface area contributed by atoms with Gasteiger partial charge in [-0.3, -0.25) is 14.5 Å². The molecular weight excluding hydrogens is 464 g/mol. The summed E-state index contributed by atoms with van der Waals surface area (Å²) in [4.78, 5) is 37.6. The van der Waals surface area contributed by atoms with Gasteiger partial charge in [0.1, 0.15) is 11.6 Å². The lowest BCUT2D eigenvalue weighted by atomic mass is 10.0. The molecule has 3 aromatic rings. The lowest BCUT2D eigenvalue weighted by Crippen LogP contribution is -2.43. The van der Waals surface area contributed by atoms with Crippen molar-refractivity contribution in [2.45, 2.75) is 27.3 Å². The number of hydrogen-bond acceptors (Lipinski definition) is 6. The van der Waals surface area contributed by atoms with E-state index < -0.39 is 0 Å². The van der Waals surface area contributed by atoms with Crippen molar-refractivity contribution < 1.29 is 9.59 Å². The highest BCUT2D eigenvalue weighted by atomic mass is 16.2. The number of benzene rings is 1. The maximum atomic E-state index is 12.9. The molecule has 1 saturated heterocycles. The van der Waals surface area contributed by atoms with Crippen LogP contribution < -0.4 is 10.6 Å². The van der Waals surface area contributed by atoms with E-state index in [1.54, 1.807) is 24.4 Å². The minimum absolute atomic E-state index is 0.172. The molecule has 0 saturated carbocycles. The second-order valence-corrected chi connectivity index (χ2v) is 9.37. The zero-order valence-electron chi connectivity index (χ0n) is 21.8. The van der Waals surface area contributed by atoms with Crippen molar-refractivity contribution in [2.75, 3.05) is 43.9 Å². The van der Waals surface area contributed by atoms with Gasteiger partial charge in [0.25, 0.3) is 5.91 Å². The number of anilines is 2. The zero-order chi connectivity index (χ0) is 26.4. The van der Waals surface area contributed by atoms with Crippen LogP contribution in [0.15, 0.2) is 48.7 Å². The van der Waals surface area contributed by atoms with E-state index in [9.17, 15) is 9.59 Å². The normalized spacial score (nSPS) is 13.9. The van der Waals surface area contributed by atoms with Crippen LogP contribution in [0, 0.1) is 25.7 Å². The summed E-state index contributed by atoms with van der Waals surface area (Å²) in [5, 5.41) is 5.54. The number of rotatable bonds is 5. The van der Waals surface area contributed by atoms with Gasteiger partial charge < -0.3 is 15.5 Å². The fraction of sp³-hybridized carbons (Fsp3) is 0.310. The Kier molecular flexibility index (Phi) is 8.29. The minimum Gasteiger partial charge on any atom is -0.311 e. The van der Waals surface area contributed by atoms with Crippen molar-refractivity contribution in [1.82, 2.24) is 19.8 Å². The molecular formula is C29H32N6O2. The Morgan fingerprint density at radius 2 is 1.73 bits per heavy atom. The smallest absolute Gasteiger partial charge is 0.256 e. The Morgan fingerprint density at radius 1 is 0.946 bits per heavy atom. The Hall–Kier alpha value is -4.06. The van der Waals surface area contributed by atoms with Crippen LogP contribution >= 0.6 is 0 Å². The number of aromatic nitrogens is 2. The van der Waals surface area contributed by atoms with E-state index >= 15 is 0 Å². The highest BCUT2D eigenvalue weighted by molar-refractivity contribution is 6.04. The van der Waals surface area contributed by atoms with Gasteiger partial charge in [-0.1, -0.05) is 17.9 Å². The molecule has 0 unspecified atom stereocenters. The van der Waals surface area contributed by atoms with Crippen LogP contribution in [0.4, 0.5) is 11.6 Å². The molecule has 8 nitrogen and oxygen atoms in total. The molecule has 1 aliphatic heterocycles. The van der Waals surface area contributed by atoms with Gasteiger partial charge in [-0.2, -0.15) is 0 Å². The summed E-state index contributed by atoms with van der Waals surface area (Å²) in [7, 11) is 2.15. The van der Waals surface area contributed by atoms with Crippen molar-refractivity contribution in [3.8, 4) is 11.8 Å². The number of likely N-dealkylation sites (N-methyl/N-ethyl adjacent to an activating group) is 1. The van der Waals surface area contributed by atoms with Gasteiger partial charge in [0.2, 0.25) is 5.91 Å². The van der Waals surface area contributed by atoms with Crippen LogP contribution in [0.1, 0.15) is 45.2 Å². The van der Waals surface area contributed by atoms with Crippen molar-refractivity contribution in [1.29, 1.82) is 0 Å². The number of piperazine rings is 1. The fourth-order valence-electron chi connectivity index (χ4n) is 4.11. The minimum atomic E-state index is -0.208. The predicted octanol–water partition coefficient (Wildman–Crippen LogP) is 3.45. The topological polar surface area (TPSA) is 90.5 Å². The highest BCUT2D eigenvalue weighted by Gasteiger charge is 2.16. The zero-order valence-corrected chi connectivity index (χ0v) is 21.8. The average molecular weight is 497 g/mol. The van der Waals surface area contributed by atoms with E-state index in [2.05, 4.69) is 56.2 Å². The summed E-state index contributed by atoms with van der Waals surface area (Å²) in [6.45, 7) is 10.5. The standard InChI is InChI=1S/C29H32N6O2/c1-20-17-25(7-8-26(20)19-35-15-13-34(4)14-16-35)29(37)33-28-18-23(11-12-30-28)5-6-24-9-10-27(31-21(24)2)32-22(3)36/h7-12,17-18H,13-16,19H2,1-4H3,(H,30,33,37)(H,31,32,36). The summed E-state index contributed by atoms with van der Waals surface area (Å²) in [5.41, 5.74) is 5.13. The molecule has 2 amide bonds. The van der Waals surface area contributed by atoms with Crippen LogP contribution in [-0.4, -0.2) is 64.8 Å². The van der Waals surface area contributed by atoms with Gasteiger partial charge in [0.15, 0.2) is 0 Å². The average Bonchev–Trinajstić information content (AvgIpc) is 2.86. The second kappa shape index (κ2) is 11.8. The van der Waals surface area contributed by atoms with Gasteiger partial charge in [0.05, 0.1) is 5.69 Å². The Labute approximate surface area is 218 Å². The molecule has 1 aliphatic rings. The van der Waals surface area contributed by atoms with Gasteiger partial charge >= 0.3 is 0 Å². The molecule has 0 bridgehead atoms. The van der Waals surface area contributed by atoms with E-state index in [-0.39, 0.29) is 11.8 Å². The summed E-state index contributed by atoms with van der Waals surface area (Å²) >= 11 is 0. The summed E-state index contributed by atoms with van der Waals surface area (Å²) in [6, 6.07) is 12.9. The first-order chi connectivity index (χ1) is 17.8. The van der Waals surface area contributed by atoms with Gasteiger partial charge in [-0.05, 0) is 68.4 Å². The number of carbonyl (C=O) groups excluding carboxylic acids is 2. The maximum Gasteiger partial charge on any atom is 0.256 e. The second-order valence-electron chi connectivity index (χ2n) is 9.37. The van der Waals surface area contributed by atoms with E-state index in [1.165, 1.54) is 12.5 Å². The summed E-state index contributed by atoms with van der Waals surface area (Å²) in [6.07, 6.45) is 1.62. The molecule has 8 heteroatoms. The number of hydrogen-bond donors (Lipinski definition) is 2. The van der Waals surface area contributed by atoms with Crippen LogP contribution in [0.25, 0.3) is 0 Å². The number of nitrogens with zero attached hydrogens (tertiary/aromatic N) is 4. The van der Waals surface area contributed by atoms with E-state index in [1.807, 2.05) is 31.2 Å². The van der Waals surface area contributed by atoms with E-state index in [0.717, 1.165) is 43.9 Å². The number of carbonyl (C=O) groups is 2. The van der Waals surface area contributed by atoms with Gasteiger partial charge in [0, 0.05) is 62.5 Å².